The fourth-order valence-corrected chi connectivity index (χ4v) is 3.92. The molecule has 1 saturated heterocycles. The Bertz CT molecular complexity index is 208. The van der Waals surface area contributed by atoms with Gasteiger partial charge >= 0.3 is 0 Å². The molecule has 0 saturated carbocycles. The molecule has 1 N–H and O–H groups in total. The summed E-state index contributed by atoms with van der Waals surface area (Å²) < 4.78 is 10.4. The Morgan fingerprint density at radius 3 is 2.00 bits per heavy atom. The third kappa shape index (κ3) is 1.06. The number of hydrogen-bond acceptors (Lipinski definition) is 4. The van der Waals surface area contributed by atoms with Crippen LogP contribution in [0.1, 0.15) is 20.8 Å². The molecule has 0 spiro atoms. The molecule has 1 rings (SSSR count). The minimum absolute atomic E-state index is 0.402. The minimum atomic E-state index is -1.46. The Labute approximate surface area is 71.4 Å². The lowest BCUT2D eigenvalue weighted by Gasteiger charge is -2.27. The van der Waals surface area contributed by atoms with Crippen LogP contribution in [0.3, 0.4) is 0 Å². The number of aliphatic hydroxyl groups is 1. The molecule has 1 heterocycles. The minimum Gasteiger partial charge on any atom is -0.380 e. The van der Waals surface area contributed by atoms with Gasteiger partial charge in [0.15, 0.2) is 0 Å². The maximum atomic E-state index is 11.2. The lowest BCUT2D eigenvalue weighted by Crippen LogP contribution is -2.48. The van der Waals surface area contributed by atoms with Gasteiger partial charge in [0, 0.05) is 10.8 Å². The molecule has 11 heavy (non-hydrogen) atoms. The molecule has 0 radical (unpaired) electrons. The highest BCUT2D eigenvalue weighted by atomic mass is 33.1. The van der Waals surface area contributed by atoms with Crippen molar-refractivity contribution in [3.05, 3.63) is 0 Å². The fourth-order valence-electron chi connectivity index (χ4n) is 0.662. The van der Waals surface area contributed by atoms with E-state index in [2.05, 4.69) is 0 Å². The maximum absolute atomic E-state index is 11.2. The van der Waals surface area contributed by atoms with Gasteiger partial charge in [0.1, 0.15) is 5.60 Å². The van der Waals surface area contributed by atoms with Crippen LogP contribution in [0.15, 0.2) is 0 Å². The van der Waals surface area contributed by atoms with Crippen molar-refractivity contribution in [1.82, 2.24) is 0 Å². The molecule has 3 nitrogen and oxygen atoms in total. The lowest BCUT2D eigenvalue weighted by atomic mass is 9.93. The molecule has 0 aliphatic carbocycles. The summed E-state index contributed by atoms with van der Waals surface area (Å²) in [5.41, 5.74) is -1.46. The molecule has 0 aromatic carbocycles. The normalized spacial score (nSPS) is 42.9. The second-order valence-electron chi connectivity index (χ2n) is 3.19. The lowest BCUT2D eigenvalue weighted by molar-refractivity contribution is -0.127. The summed E-state index contributed by atoms with van der Waals surface area (Å²) in [5.74, 6) is 0. The Hall–Kier alpha value is 0.130. The zero-order chi connectivity index (χ0) is 8.86. The Balaban J connectivity index is 3.15. The van der Waals surface area contributed by atoms with E-state index in [0.717, 1.165) is 10.8 Å². The van der Waals surface area contributed by atoms with E-state index in [0.29, 0.717) is 0 Å². The van der Waals surface area contributed by atoms with Crippen molar-refractivity contribution in [2.24, 2.45) is 0 Å². The first-order chi connectivity index (χ1) is 4.80. The predicted molar refractivity (Wildman–Crippen MR) is 45.4 cm³/mol. The van der Waals surface area contributed by atoms with E-state index in [1.165, 1.54) is 6.92 Å². The monoisotopic (exact) mass is 194 g/mol. The Morgan fingerprint density at radius 1 is 1.45 bits per heavy atom. The van der Waals surface area contributed by atoms with Gasteiger partial charge in [-0.2, -0.15) is 0 Å². The van der Waals surface area contributed by atoms with E-state index in [1.807, 2.05) is 0 Å². The molecule has 0 bridgehead atoms. The van der Waals surface area contributed by atoms with Crippen LogP contribution in [0.4, 0.5) is 0 Å². The second kappa shape index (κ2) is 2.31. The van der Waals surface area contributed by atoms with Gasteiger partial charge in [0.05, 0.1) is 14.6 Å². The van der Waals surface area contributed by atoms with Crippen LogP contribution in [-0.2, 0) is 14.6 Å². The van der Waals surface area contributed by atoms with Crippen molar-refractivity contribution < 1.29 is 14.1 Å². The molecule has 64 valence electrons. The van der Waals surface area contributed by atoms with Crippen LogP contribution in [-0.4, -0.2) is 24.8 Å². The molecule has 1 aliphatic rings. The first-order valence-corrected chi connectivity index (χ1v) is 5.65. The number of rotatable bonds is 0. The van der Waals surface area contributed by atoms with Crippen molar-refractivity contribution >= 4 is 25.7 Å². The molecular weight excluding hydrogens is 184 g/mol. The summed E-state index contributed by atoms with van der Waals surface area (Å²) >= 11 is 0. The van der Waals surface area contributed by atoms with Crippen LogP contribution in [0.2, 0.25) is 0 Å². The zero-order valence-corrected chi connectivity index (χ0v) is 8.21. The summed E-state index contributed by atoms with van der Waals surface area (Å²) in [4.78, 5) is 11.0. The quantitative estimate of drug-likeness (QED) is 0.569. The molecule has 0 aromatic rings. The van der Waals surface area contributed by atoms with Crippen molar-refractivity contribution in [3.8, 4) is 0 Å². The summed E-state index contributed by atoms with van der Waals surface area (Å²) in [6.07, 6.45) is 0. The SMILES string of the molecule is CC1(C)S(=O)SC(=O)[C@]1(C)O. The molecule has 2 atom stereocenters. The molecule has 1 unspecified atom stereocenters. The summed E-state index contributed by atoms with van der Waals surface area (Å²) in [6, 6.07) is 0. The maximum Gasteiger partial charge on any atom is 0.234 e. The van der Waals surface area contributed by atoms with E-state index in [4.69, 9.17) is 0 Å². The highest BCUT2D eigenvalue weighted by Crippen LogP contribution is 2.44. The standard InChI is InChI=1S/C6H10O3S2/c1-5(2)6(3,8)4(7)10-11(5)9/h8H,1-3H3/t6-,11?/m0/s1. The molecule has 1 fully saturated rings. The van der Waals surface area contributed by atoms with Crippen molar-refractivity contribution in [2.45, 2.75) is 31.1 Å². The van der Waals surface area contributed by atoms with Gasteiger partial charge in [-0.25, -0.2) is 4.21 Å². The highest BCUT2D eigenvalue weighted by Gasteiger charge is 2.57. The Morgan fingerprint density at radius 2 is 1.91 bits per heavy atom. The fraction of sp³-hybridized carbons (Fsp3) is 0.833. The number of hydrogen-bond donors (Lipinski definition) is 1. The molecule has 0 aromatic heterocycles. The van der Waals surface area contributed by atoms with Crippen molar-refractivity contribution in [3.63, 3.8) is 0 Å². The zero-order valence-electron chi connectivity index (χ0n) is 6.58. The third-order valence-electron chi connectivity index (χ3n) is 2.14. The van der Waals surface area contributed by atoms with Gasteiger partial charge in [0.25, 0.3) is 0 Å². The Kier molecular flexibility index (Phi) is 1.93. The summed E-state index contributed by atoms with van der Waals surface area (Å²) in [5, 5.41) is 9.20. The van der Waals surface area contributed by atoms with Gasteiger partial charge in [0.2, 0.25) is 5.12 Å². The second-order valence-corrected chi connectivity index (χ2v) is 6.62. The molecular formula is C6H10O3S2. The average molecular weight is 194 g/mol. The first-order valence-electron chi connectivity index (χ1n) is 3.17. The van der Waals surface area contributed by atoms with E-state index in [9.17, 15) is 14.1 Å². The van der Waals surface area contributed by atoms with E-state index in [1.54, 1.807) is 13.8 Å². The van der Waals surface area contributed by atoms with Crippen LogP contribution >= 0.6 is 10.8 Å². The molecule has 5 heteroatoms. The smallest absolute Gasteiger partial charge is 0.234 e. The highest BCUT2D eigenvalue weighted by molar-refractivity contribution is 8.76. The number of carbonyl (C=O) groups excluding carboxylic acids is 1. The molecule has 0 amide bonds. The van der Waals surface area contributed by atoms with Crippen LogP contribution in [0.5, 0.6) is 0 Å². The van der Waals surface area contributed by atoms with Crippen LogP contribution in [0.25, 0.3) is 0 Å². The van der Waals surface area contributed by atoms with Crippen LogP contribution in [0, 0.1) is 0 Å². The van der Waals surface area contributed by atoms with Crippen LogP contribution < -0.4 is 0 Å². The topological polar surface area (TPSA) is 54.4 Å². The van der Waals surface area contributed by atoms with Gasteiger partial charge in [-0.05, 0) is 20.8 Å². The van der Waals surface area contributed by atoms with Gasteiger partial charge in [-0.15, -0.1) is 0 Å². The summed E-state index contributed by atoms with van der Waals surface area (Å²) in [7, 11) is -0.598. The van der Waals surface area contributed by atoms with Crippen molar-refractivity contribution in [2.75, 3.05) is 0 Å². The number of carbonyl (C=O) groups is 1. The third-order valence-corrected chi connectivity index (χ3v) is 6.23. The van der Waals surface area contributed by atoms with Crippen molar-refractivity contribution in [1.29, 1.82) is 0 Å². The largest absolute Gasteiger partial charge is 0.380 e. The van der Waals surface area contributed by atoms with Gasteiger partial charge in [-0.1, -0.05) is 0 Å². The molecule has 1 aliphatic heterocycles. The first kappa shape index (κ1) is 9.22. The average Bonchev–Trinajstić information content (AvgIpc) is 1.95. The summed E-state index contributed by atoms with van der Waals surface area (Å²) in [6.45, 7) is 4.66. The predicted octanol–water partition coefficient (Wildman–Crippen LogP) is 0.453. The van der Waals surface area contributed by atoms with Gasteiger partial charge in [-0.3, -0.25) is 4.79 Å². The van der Waals surface area contributed by atoms with E-state index in [-0.39, 0.29) is 0 Å². The van der Waals surface area contributed by atoms with E-state index < -0.39 is 25.3 Å². The van der Waals surface area contributed by atoms with Gasteiger partial charge < -0.3 is 5.11 Å². The van der Waals surface area contributed by atoms with E-state index >= 15 is 0 Å².